The molecular formula is C14H12N2S. The van der Waals surface area contributed by atoms with Gasteiger partial charge < -0.3 is 0 Å². The van der Waals surface area contributed by atoms with Crippen LogP contribution in [0.15, 0.2) is 65.8 Å². The van der Waals surface area contributed by atoms with Gasteiger partial charge in [0.25, 0.3) is 0 Å². The third kappa shape index (κ3) is 3.50. The number of hydrogen-bond acceptors (Lipinski definition) is 2. The van der Waals surface area contributed by atoms with Gasteiger partial charge in [0.15, 0.2) is 0 Å². The maximum Gasteiger partial charge on any atom is 0.126 e. The highest BCUT2D eigenvalue weighted by Crippen LogP contribution is 1.99. The zero-order chi connectivity index (χ0) is 11.9. The number of nitrogens with zero attached hydrogens (tertiary/aromatic N) is 1. The highest BCUT2D eigenvalue weighted by Gasteiger charge is 1.96. The Balaban J connectivity index is 1.95. The molecule has 0 bridgehead atoms. The van der Waals surface area contributed by atoms with Crippen molar-refractivity contribution in [1.29, 1.82) is 0 Å². The molecule has 0 aromatic heterocycles. The van der Waals surface area contributed by atoms with E-state index in [0.29, 0.717) is 4.99 Å². The van der Waals surface area contributed by atoms with Crippen molar-refractivity contribution < 1.29 is 0 Å². The summed E-state index contributed by atoms with van der Waals surface area (Å²) in [4.78, 5) is 0.623. The number of thiocarbonyl (C=S) groups is 1. The molecule has 2 aromatic rings. The van der Waals surface area contributed by atoms with Crippen LogP contribution in [0.5, 0.6) is 0 Å². The van der Waals surface area contributed by atoms with Gasteiger partial charge in [0, 0.05) is 5.56 Å². The van der Waals surface area contributed by atoms with E-state index in [1.165, 1.54) is 0 Å². The fraction of sp³-hybridized carbons (Fsp3) is 0. The molecule has 0 aliphatic rings. The summed E-state index contributed by atoms with van der Waals surface area (Å²) in [6.45, 7) is 0. The molecule has 0 amide bonds. The maximum absolute atomic E-state index is 5.21. The summed E-state index contributed by atoms with van der Waals surface area (Å²) in [6.07, 6.45) is 1.75. The molecule has 0 atom stereocenters. The molecule has 0 radical (unpaired) electrons. The van der Waals surface area contributed by atoms with Crippen molar-refractivity contribution in [1.82, 2.24) is 5.43 Å². The SMILES string of the molecule is S=C(NN=Cc1ccccc1)c1ccccc1. The topological polar surface area (TPSA) is 24.4 Å². The summed E-state index contributed by atoms with van der Waals surface area (Å²) >= 11 is 5.21. The van der Waals surface area contributed by atoms with Gasteiger partial charge in [-0.15, -0.1) is 0 Å². The van der Waals surface area contributed by atoms with Crippen LogP contribution in [-0.2, 0) is 0 Å². The second kappa shape index (κ2) is 5.92. The maximum atomic E-state index is 5.21. The molecule has 0 aliphatic carbocycles. The highest BCUT2D eigenvalue weighted by atomic mass is 32.1. The molecule has 17 heavy (non-hydrogen) atoms. The molecule has 2 nitrogen and oxygen atoms in total. The molecule has 0 unspecified atom stereocenters. The Bertz CT molecular complexity index is 506. The summed E-state index contributed by atoms with van der Waals surface area (Å²) in [7, 11) is 0. The van der Waals surface area contributed by atoms with Crippen LogP contribution in [0.2, 0.25) is 0 Å². The van der Waals surface area contributed by atoms with Crippen molar-refractivity contribution in [2.75, 3.05) is 0 Å². The lowest BCUT2D eigenvalue weighted by atomic mass is 10.2. The van der Waals surface area contributed by atoms with Crippen LogP contribution in [0.25, 0.3) is 0 Å². The Morgan fingerprint density at radius 1 is 0.941 bits per heavy atom. The lowest BCUT2D eigenvalue weighted by molar-refractivity contribution is 1.06. The number of nitrogens with one attached hydrogen (secondary N) is 1. The number of hydrogen-bond donors (Lipinski definition) is 1. The normalized spacial score (nSPS) is 10.4. The Labute approximate surface area is 106 Å². The average Bonchev–Trinajstić information content (AvgIpc) is 2.41. The minimum atomic E-state index is 0.623. The summed E-state index contributed by atoms with van der Waals surface area (Å²) in [6, 6.07) is 19.6. The standard InChI is InChI=1S/C14H12N2S/c17-14(13-9-5-2-6-10-13)16-15-11-12-7-3-1-4-8-12/h1-11H,(H,16,17). The second-order valence-electron chi connectivity index (χ2n) is 3.48. The van der Waals surface area contributed by atoms with Gasteiger partial charge in [0.05, 0.1) is 6.21 Å². The Morgan fingerprint density at radius 3 is 2.18 bits per heavy atom. The molecule has 0 saturated carbocycles. The fourth-order valence-corrected chi connectivity index (χ4v) is 1.55. The Kier molecular flexibility index (Phi) is 4.00. The Morgan fingerprint density at radius 2 is 1.53 bits per heavy atom. The summed E-state index contributed by atoms with van der Waals surface area (Å²) in [5.41, 5.74) is 4.85. The third-order valence-electron chi connectivity index (χ3n) is 2.22. The van der Waals surface area contributed by atoms with E-state index >= 15 is 0 Å². The Hall–Kier alpha value is -2.00. The molecule has 3 heteroatoms. The highest BCUT2D eigenvalue weighted by molar-refractivity contribution is 7.80. The van der Waals surface area contributed by atoms with Crippen molar-refractivity contribution in [3.05, 3.63) is 71.8 Å². The minimum absolute atomic E-state index is 0.623. The number of benzene rings is 2. The van der Waals surface area contributed by atoms with Crippen molar-refractivity contribution in [2.45, 2.75) is 0 Å². The van der Waals surface area contributed by atoms with Crippen LogP contribution < -0.4 is 5.43 Å². The van der Waals surface area contributed by atoms with Crippen molar-refractivity contribution >= 4 is 23.4 Å². The third-order valence-corrected chi connectivity index (χ3v) is 2.54. The van der Waals surface area contributed by atoms with Gasteiger partial charge in [-0.25, -0.2) is 0 Å². The van der Waals surface area contributed by atoms with Gasteiger partial charge in [0.1, 0.15) is 4.99 Å². The molecule has 0 heterocycles. The lowest BCUT2D eigenvalue weighted by Crippen LogP contribution is -2.15. The molecule has 0 saturated heterocycles. The number of hydrazone groups is 1. The van der Waals surface area contributed by atoms with E-state index in [0.717, 1.165) is 11.1 Å². The summed E-state index contributed by atoms with van der Waals surface area (Å²) in [5.74, 6) is 0. The number of rotatable bonds is 3. The zero-order valence-electron chi connectivity index (χ0n) is 9.21. The molecule has 0 fully saturated rings. The van der Waals surface area contributed by atoms with Gasteiger partial charge in [-0.1, -0.05) is 72.9 Å². The van der Waals surface area contributed by atoms with Crippen LogP contribution in [-0.4, -0.2) is 11.2 Å². The van der Waals surface area contributed by atoms with Crippen LogP contribution in [0.1, 0.15) is 11.1 Å². The van der Waals surface area contributed by atoms with Gasteiger partial charge in [0.2, 0.25) is 0 Å². The van der Waals surface area contributed by atoms with Crippen molar-refractivity contribution in [2.24, 2.45) is 5.10 Å². The van der Waals surface area contributed by atoms with E-state index < -0.39 is 0 Å². The van der Waals surface area contributed by atoms with Crippen molar-refractivity contribution in [3.8, 4) is 0 Å². The minimum Gasteiger partial charge on any atom is -0.267 e. The first-order valence-corrected chi connectivity index (χ1v) is 5.70. The quantitative estimate of drug-likeness (QED) is 0.507. The molecule has 1 N–H and O–H groups in total. The first kappa shape index (κ1) is 11.5. The van der Waals surface area contributed by atoms with E-state index in [2.05, 4.69) is 10.5 Å². The summed E-state index contributed by atoms with van der Waals surface area (Å²) in [5, 5.41) is 4.10. The lowest BCUT2D eigenvalue weighted by Gasteiger charge is -2.01. The summed E-state index contributed by atoms with van der Waals surface area (Å²) < 4.78 is 0. The van der Waals surface area contributed by atoms with E-state index in [-0.39, 0.29) is 0 Å². The van der Waals surface area contributed by atoms with Crippen LogP contribution in [0.3, 0.4) is 0 Å². The first-order valence-electron chi connectivity index (χ1n) is 5.30. The van der Waals surface area contributed by atoms with Crippen LogP contribution in [0, 0.1) is 0 Å². The molecule has 0 spiro atoms. The molecule has 0 aliphatic heterocycles. The average molecular weight is 240 g/mol. The smallest absolute Gasteiger partial charge is 0.126 e. The van der Waals surface area contributed by atoms with Gasteiger partial charge >= 0.3 is 0 Å². The van der Waals surface area contributed by atoms with Crippen molar-refractivity contribution in [3.63, 3.8) is 0 Å². The van der Waals surface area contributed by atoms with Crippen LogP contribution >= 0.6 is 12.2 Å². The fourth-order valence-electron chi connectivity index (χ4n) is 1.36. The molecule has 2 aromatic carbocycles. The van der Waals surface area contributed by atoms with E-state index in [1.54, 1.807) is 6.21 Å². The second-order valence-corrected chi connectivity index (χ2v) is 3.88. The van der Waals surface area contributed by atoms with E-state index in [1.807, 2.05) is 60.7 Å². The van der Waals surface area contributed by atoms with E-state index in [9.17, 15) is 0 Å². The molecule has 2 rings (SSSR count). The van der Waals surface area contributed by atoms with Gasteiger partial charge in [-0.3, -0.25) is 5.43 Å². The first-order chi connectivity index (χ1) is 8.36. The molecule has 84 valence electrons. The largest absolute Gasteiger partial charge is 0.267 e. The predicted octanol–water partition coefficient (Wildman–Crippen LogP) is 2.99. The van der Waals surface area contributed by atoms with Gasteiger partial charge in [-0.05, 0) is 5.56 Å². The zero-order valence-corrected chi connectivity index (χ0v) is 10.0. The van der Waals surface area contributed by atoms with Gasteiger partial charge in [-0.2, -0.15) is 5.10 Å². The predicted molar refractivity (Wildman–Crippen MR) is 75.3 cm³/mol. The molecular weight excluding hydrogens is 228 g/mol. The van der Waals surface area contributed by atoms with E-state index in [4.69, 9.17) is 12.2 Å². The monoisotopic (exact) mass is 240 g/mol. The van der Waals surface area contributed by atoms with Crippen LogP contribution in [0.4, 0.5) is 0 Å².